The summed E-state index contributed by atoms with van der Waals surface area (Å²) in [7, 11) is 0. The third-order valence-electron chi connectivity index (χ3n) is 4.38. The van der Waals surface area contributed by atoms with Crippen LogP contribution in [0.1, 0.15) is 34.1 Å². The van der Waals surface area contributed by atoms with Crippen molar-refractivity contribution >= 4 is 28.4 Å². The van der Waals surface area contributed by atoms with Gasteiger partial charge in [0.15, 0.2) is 0 Å². The zero-order valence-corrected chi connectivity index (χ0v) is 14.9. The summed E-state index contributed by atoms with van der Waals surface area (Å²) in [5.74, 6) is -0.0535. The van der Waals surface area contributed by atoms with Crippen LogP contribution in [-0.4, -0.2) is 10.5 Å². The second-order valence-corrected chi connectivity index (χ2v) is 6.48. The molecule has 0 saturated carbocycles. The van der Waals surface area contributed by atoms with Crippen molar-refractivity contribution in [3.63, 3.8) is 0 Å². The Bertz CT molecular complexity index is 894. The molecule has 24 heavy (non-hydrogen) atoms. The number of hydrogen-bond donors (Lipinski definition) is 1. The van der Waals surface area contributed by atoms with Crippen molar-refractivity contribution in [2.24, 2.45) is 0 Å². The highest BCUT2D eigenvalue weighted by atomic mass is 35.5. The van der Waals surface area contributed by atoms with Gasteiger partial charge in [-0.1, -0.05) is 41.4 Å². The molecule has 0 spiro atoms. The Morgan fingerprint density at radius 2 is 1.83 bits per heavy atom. The zero-order valence-electron chi connectivity index (χ0n) is 14.2. The van der Waals surface area contributed by atoms with Crippen molar-refractivity contribution in [3.05, 3.63) is 69.9 Å². The number of aromatic nitrogens is 1. The summed E-state index contributed by atoms with van der Waals surface area (Å²) in [5.41, 5.74) is 5.02. The van der Waals surface area contributed by atoms with E-state index in [1.165, 1.54) is 5.56 Å². The van der Waals surface area contributed by atoms with E-state index in [9.17, 15) is 4.79 Å². The smallest absolute Gasteiger partial charge is 0.268 e. The predicted molar refractivity (Wildman–Crippen MR) is 99.7 cm³/mol. The number of rotatable bonds is 4. The fourth-order valence-corrected chi connectivity index (χ4v) is 3.26. The molecule has 0 radical (unpaired) electrons. The topological polar surface area (TPSA) is 34.0 Å². The molecule has 1 N–H and O–H groups in total. The number of aryl methyl sites for hydroxylation is 3. The molecule has 3 aromatic rings. The van der Waals surface area contributed by atoms with Crippen molar-refractivity contribution in [2.75, 3.05) is 0 Å². The van der Waals surface area contributed by atoms with Gasteiger partial charge < -0.3 is 9.88 Å². The number of amides is 1. The number of halogens is 1. The van der Waals surface area contributed by atoms with Gasteiger partial charge >= 0.3 is 0 Å². The van der Waals surface area contributed by atoms with Gasteiger partial charge in [0, 0.05) is 29.0 Å². The number of fused-ring (bicyclic) bond motifs is 1. The number of nitrogens with one attached hydrogen (secondary N) is 1. The lowest BCUT2D eigenvalue weighted by Crippen LogP contribution is -2.26. The molecular formula is C20H21ClN2O. The minimum Gasteiger partial charge on any atom is -0.347 e. The van der Waals surface area contributed by atoms with Gasteiger partial charge in [0.05, 0.1) is 0 Å². The summed E-state index contributed by atoms with van der Waals surface area (Å²) < 4.78 is 2.05. The van der Waals surface area contributed by atoms with Crippen LogP contribution in [0.4, 0.5) is 0 Å². The van der Waals surface area contributed by atoms with Crippen LogP contribution < -0.4 is 5.32 Å². The van der Waals surface area contributed by atoms with E-state index in [1.54, 1.807) is 0 Å². The van der Waals surface area contributed by atoms with Crippen LogP contribution in [0.15, 0.2) is 42.5 Å². The molecule has 124 valence electrons. The molecule has 3 nitrogen and oxygen atoms in total. The Morgan fingerprint density at radius 1 is 1.12 bits per heavy atom. The third kappa shape index (κ3) is 3.04. The molecule has 0 fully saturated rings. The molecule has 0 aliphatic heterocycles. The van der Waals surface area contributed by atoms with Gasteiger partial charge in [-0.2, -0.15) is 0 Å². The van der Waals surface area contributed by atoms with Gasteiger partial charge in [0.25, 0.3) is 5.91 Å². The van der Waals surface area contributed by atoms with Crippen LogP contribution in [0.3, 0.4) is 0 Å². The molecule has 4 heteroatoms. The maximum Gasteiger partial charge on any atom is 0.268 e. The van der Waals surface area contributed by atoms with E-state index in [4.69, 9.17) is 11.6 Å². The van der Waals surface area contributed by atoms with Crippen LogP contribution in [-0.2, 0) is 13.1 Å². The molecule has 0 bridgehead atoms. The average molecular weight is 341 g/mol. The Hall–Kier alpha value is -2.26. The van der Waals surface area contributed by atoms with Gasteiger partial charge in [0.2, 0.25) is 0 Å². The van der Waals surface area contributed by atoms with Crippen LogP contribution in [0.5, 0.6) is 0 Å². The fourth-order valence-electron chi connectivity index (χ4n) is 3.09. The molecule has 2 aromatic carbocycles. The number of nitrogens with zero attached hydrogens (tertiary/aromatic N) is 1. The second-order valence-electron chi connectivity index (χ2n) is 6.05. The molecular weight excluding hydrogens is 320 g/mol. The average Bonchev–Trinajstić information content (AvgIpc) is 2.86. The predicted octanol–water partition coefficient (Wildman–Crippen LogP) is 4.86. The lowest BCUT2D eigenvalue weighted by molar-refractivity contribution is 0.0941. The SMILES string of the molecule is CCn1c(C(=O)NCc2ccc(C)cc2)c(C)c2cc(Cl)ccc21. The molecule has 0 aliphatic rings. The normalized spacial score (nSPS) is 11.0. The highest BCUT2D eigenvalue weighted by Gasteiger charge is 2.19. The lowest BCUT2D eigenvalue weighted by Gasteiger charge is -2.10. The zero-order chi connectivity index (χ0) is 17.3. The minimum absolute atomic E-state index is 0.0535. The lowest BCUT2D eigenvalue weighted by atomic mass is 10.1. The van der Waals surface area contributed by atoms with Crippen LogP contribution in [0, 0.1) is 13.8 Å². The van der Waals surface area contributed by atoms with Gasteiger partial charge in [-0.05, 0) is 50.1 Å². The van der Waals surface area contributed by atoms with Gasteiger partial charge in [-0.25, -0.2) is 0 Å². The van der Waals surface area contributed by atoms with Crippen molar-refractivity contribution in [1.82, 2.24) is 9.88 Å². The molecule has 1 aromatic heterocycles. The van der Waals surface area contributed by atoms with E-state index in [1.807, 2.05) is 48.7 Å². The first kappa shape index (κ1) is 16.6. The summed E-state index contributed by atoms with van der Waals surface area (Å²) in [6, 6.07) is 14.0. The van der Waals surface area contributed by atoms with Crippen molar-refractivity contribution in [2.45, 2.75) is 33.9 Å². The maximum atomic E-state index is 12.8. The van der Waals surface area contributed by atoms with Crippen LogP contribution in [0.2, 0.25) is 5.02 Å². The number of benzene rings is 2. The summed E-state index contributed by atoms with van der Waals surface area (Å²) in [4.78, 5) is 12.8. The fraction of sp³-hybridized carbons (Fsp3) is 0.250. The summed E-state index contributed by atoms with van der Waals surface area (Å²) in [5, 5.41) is 4.75. The first-order chi connectivity index (χ1) is 11.5. The van der Waals surface area contributed by atoms with E-state index in [0.717, 1.165) is 28.6 Å². The molecule has 0 unspecified atom stereocenters. The monoisotopic (exact) mass is 340 g/mol. The Kier molecular flexibility index (Phi) is 4.63. The van der Waals surface area contributed by atoms with E-state index in [-0.39, 0.29) is 5.91 Å². The second kappa shape index (κ2) is 6.70. The summed E-state index contributed by atoms with van der Waals surface area (Å²) in [6.45, 7) is 7.33. The van der Waals surface area contributed by atoms with Crippen LogP contribution >= 0.6 is 11.6 Å². The largest absolute Gasteiger partial charge is 0.347 e. The third-order valence-corrected chi connectivity index (χ3v) is 4.62. The maximum absolute atomic E-state index is 12.8. The molecule has 0 aliphatic carbocycles. The molecule has 0 saturated heterocycles. The highest BCUT2D eigenvalue weighted by Crippen LogP contribution is 2.28. The summed E-state index contributed by atoms with van der Waals surface area (Å²) in [6.07, 6.45) is 0. The van der Waals surface area contributed by atoms with Crippen molar-refractivity contribution < 1.29 is 4.79 Å². The molecule has 0 atom stereocenters. The van der Waals surface area contributed by atoms with Gasteiger partial charge in [0.1, 0.15) is 5.69 Å². The number of hydrogen-bond acceptors (Lipinski definition) is 1. The van der Waals surface area contributed by atoms with Crippen molar-refractivity contribution in [3.8, 4) is 0 Å². The van der Waals surface area contributed by atoms with E-state index >= 15 is 0 Å². The Labute approximate surface area is 147 Å². The Balaban J connectivity index is 1.91. The minimum atomic E-state index is -0.0535. The standard InChI is InChI=1S/C20H21ClN2O/c1-4-23-18-10-9-16(21)11-17(18)14(3)19(23)20(24)22-12-15-7-5-13(2)6-8-15/h5-11H,4,12H2,1-3H3,(H,22,24). The Morgan fingerprint density at radius 3 is 2.50 bits per heavy atom. The van der Waals surface area contributed by atoms with E-state index in [0.29, 0.717) is 17.3 Å². The quantitative estimate of drug-likeness (QED) is 0.723. The molecule has 3 rings (SSSR count). The molecule has 1 heterocycles. The van der Waals surface area contributed by atoms with E-state index < -0.39 is 0 Å². The molecule has 1 amide bonds. The van der Waals surface area contributed by atoms with Crippen molar-refractivity contribution in [1.29, 1.82) is 0 Å². The van der Waals surface area contributed by atoms with Crippen LogP contribution in [0.25, 0.3) is 10.9 Å². The first-order valence-corrected chi connectivity index (χ1v) is 8.51. The van der Waals surface area contributed by atoms with Gasteiger partial charge in [-0.3, -0.25) is 4.79 Å². The summed E-state index contributed by atoms with van der Waals surface area (Å²) >= 11 is 6.12. The van der Waals surface area contributed by atoms with Gasteiger partial charge in [-0.15, -0.1) is 0 Å². The van der Waals surface area contributed by atoms with E-state index in [2.05, 4.69) is 24.4 Å². The number of carbonyl (C=O) groups is 1. The first-order valence-electron chi connectivity index (χ1n) is 8.13. The highest BCUT2D eigenvalue weighted by molar-refractivity contribution is 6.31. The number of carbonyl (C=O) groups excluding carboxylic acids is 1.